The molecule has 0 radical (unpaired) electrons. The first kappa shape index (κ1) is 26.5. The van der Waals surface area contributed by atoms with Gasteiger partial charge in [-0.1, -0.05) is 30.2 Å². The molecular weight excluding hydrogens is 420 g/mol. The highest BCUT2D eigenvalue weighted by molar-refractivity contribution is 5.74. The first-order valence-electron chi connectivity index (χ1n) is 11.6. The average Bonchev–Trinajstić information content (AvgIpc) is 2.83. The van der Waals surface area contributed by atoms with Gasteiger partial charge in [0, 0.05) is 45.1 Å². The minimum atomic E-state index is -2.17. The maximum Gasteiger partial charge on any atom is 0.235 e. The number of nitrogens with one attached hydrogen (secondary N) is 2. The highest BCUT2D eigenvalue weighted by Crippen LogP contribution is 2.20. The van der Waals surface area contributed by atoms with Gasteiger partial charge in [0.2, 0.25) is 6.43 Å². The smallest absolute Gasteiger partial charge is 0.235 e. The summed E-state index contributed by atoms with van der Waals surface area (Å²) in [7, 11) is 0. The molecule has 3 rings (SSSR count). The van der Waals surface area contributed by atoms with Crippen molar-refractivity contribution in [3.05, 3.63) is 70.8 Å². The van der Waals surface area contributed by atoms with Gasteiger partial charge in [-0.05, 0) is 57.9 Å². The van der Waals surface area contributed by atoms with E-state index in [1.165, 1.54) is 28.1 Å². The minimum Gasteiger partial charge on any atom is -0.380 e. The first-order valence-corrected chi connectivity index (χ1v) is 11.6. The molecule has 2 heterocycles. The van der Waals surface area contributed by atoms with Crippen molar-refractivity contribution in [3.8, 4) is 0 Å². The Balaban J connectivity index is 0.000000890. The van der Waals surface area contributed by atoms with Crippen molar-refractivity contribution in [2.24, 2.45) is 0 Å². The Labute approximate surface area is 196 Å². The molecular formula is C26H37F2N5. The Morgan fingerprint density at radius 2 is 1.79 bits per heavy atom. The molecule has 1 aliphatic rings. The molecule has 0 amide bonds. The van der Waals surface area contributed by atoms with E-state index in [2.05, 4.69) is 77.5 Å². The summed E-state index contributed by atoms with van der Waals surface area (Å²) in [6.07, 6.45) is 6.92. The zero-order valence-corrected chi connectivity index (χ0v) is 20.5. The molecule has 2 N–H and O–H groups in total. The summed E-state index contributed by atoms with van der Waals surface area (Å²) in [5.74, 6) is 0. The Bertz CT molecular complexity index is 973. The second kappa shape index (κ2) is 13.7. The topological polar surface area (TPSA) is 53.1 Å². The van der Waals surface area contributed by atoms with Gasteiger partial charge in [-0.25, -0.2) is 8.78 Å². The lowest BCUT2D eigenvalue weighted by atomic mass is 10.1. The fourth-order valence-electron chi connectivity index (χ4n) is 3.51. The van der Waals surface area contributed by atoms with Crippen molar-refractivity contribution in [3.63, 3.8) is 0 Å². The van der Waals surface area contributed by atoms with Crippen LogP contribution in [0.2, 0.25) is 0 Å². The molecule has 1 aromatic carbocycles. The quantitative estimate of drug-likeness (QED) is 0.543. The van der Waals surface area contributed by atoms with Crippen LogP contribution >= 0.6 is 0 Å². The normalized spacial score (nSPS) is 15.8. The monoisotopic (exact) mass is 457 g/mol. The summed E-state index contributed by atoms with van der Waals surface area (Å²) >= 11 is 0. The van der Waals surface area contributed by atoms with E-state index in [1.54, 1.807) is 12.4 Å². The van der Waals surface area contributed by atoms with E-state index in [-0.39, 0.29) is 0 Å². The molecule has 1 saturated heterocycles. The number of hydrogen-bond donors (Lipinski definition) is 2. The van der Waals surface area contributed by atoms with Gasteiger partial charge >= 0.3 is 0 Å². The number of halogens is 2. The second-order valence-corrected chi connectivity index (χ2v) is 8.04. The average molecular weight is 458 g/mol. The lowest BCUT2D eigenvalue weighted by molar-refractivity contribution is 0.171. The number of alkyl halides is 2. The fourth-order valence-corrected chi connectivity index (χ4v) is 3.51. The van der Waals surface area contributed by atoms with E-state index >= 15 is 0 Å². The second-order valence-electron chi connectivity index (χ2n) is 8.04. The third kappa shape index (κ3) is 8.57. The summed E-state index contributed by atoms with van der Waals surface area (Å²) in [5, 5.41) is 7.13. The van der Waals surface area contributed by atoms with Crippen molar-refractivity contribution in [2.75, 3.05) is 26.2 Å². The number of benzene rings is 1. The highest BCUT2D eigenvalue weighted by atomic mass is 19.3. The van der Waals surface area contributed by atoms with Gasteiger partial charge in [0.05, 0.1) is 22.4 Å². The largest absolute Gasteiger partial charge is 0.380 e. The third-order valence-electron chi connectivity index (χ3n) is 5.60. The number of aromatic nitrogens is 2. The summed E-state index contributed by atoms with van der Waals surface area (Å²) in [5.41, 5.74) is 8.30. The number of nitrogens with zero attached hydrogens (tertiary/aromatic N) is 3. The molecule has 0 saturated carbocycles. The molecule has 1 aliphatic heterocycles. The molecule has 1 fully saturated rings. The van der Waals surface area contributed by atoms with Crippen LogP contribution in [0.25, 0.3) is 11.0 Å². The molecule has 1 aromatic heterocycles. The van der Waals surface area contributed by atoms with Gasteiger partial charge < -0.3 is 15.5 Å². The van der Waals surface area contributed by atoms with Crippen molar-refractivity contribution < 1.29 is 8.78 Å². The van der Waals surface area contributed by atoms with Crippen LogP contribution in [0.15, 0.2) is 65.3 Å². The van der Waals surface area contributed by atoms with Crippen molar-refractivity contribution in [2.45, 2.75) is 54.0 Å². The summed E-state index contributed by atoms with van der Waals surface area (Å²) in [6.45, 7) is 14.4. The van der Waals surface area contributed by atoms with Crippen LogP contribution in [0.3, 0.4) is 0 Å². The SMILES string of the molecule is CC(F)F.C\C=C(NCc1ccc2nccnc2c1)/C(=C\C(C)=C(/C)CC)N1CCNCC1. The van der Waals surface area contributed by atoms with Gasteiger partial charge in [-0.2, -0.15) is 0 Å². The van der Waals surface area contributed by atoms with E-state index < -0.39 is 6.43 Å². The highest BCUT2D eigenvalue weighted by Gasteiger charge is 2.17. The van der Waals surface area contributed by atoms with Crippen LogP contribution < -0.4 is 10.6 Å². The van der Waals surface area contributed by atoms with Crippen LogP contribution in [0.5, 0.6) is 0 Å². The lowest BCUT2D eigenvalue weighted by Crippen LogP contribution is -2.44. The van der Waals surface area contributed by atoms with E-state index in [0.717, 1.165) is 57.1 Å². The molecule has 180 valence electrons. The van der Waals surface area contributed by atoms with Crippen molar-refractivity contribution in [1.29, 1.82) is 0 Å². The molecule has 2 aromatic rings. The standard InChI is InChI=1S/C24H33N5.C2H4F2/c1-5-18(3)19(4)15-24(29-13-11-25-12-14-29)21(6-2)28-17-20-7-8-22-23(16-20)27-10-9-26-22;1-2(3)4/h6-10,15-16,25,28H,5,11-14,17H2,1-4H3;2H,1H3/b19-18+,21-6+,24-15+;. The lowest BCUT2D eigenvalue weighted by Gasteiger charge is -2.33. The number of piperazine rings is 1. The van der Waals surface area contributed by atoms with Gasteiger partial charge in [-0.3, -0.25) is 9.97 Å². The third-order valence-corrected chi connectivity index (χ3v) is 5.60. The maximum absolute atomic E-state index is 10.3. The predicted octanol–water partition coefficient (Wildman–Crippen LogP) is 5.43. The molecule has 0 unspecified atom stereocenters. The van der Waals surface area contributed by atoms with E-state index in [9.17, 15) is 8.78 Å². The molecule has 0 spiro atoms. The van der Waals surface area contributed by atoms with Gasteiger partial charge in [-0.15, -0.1) is 0 Å². The van der Waals surface area contributed by atoms with E-state index in [1.807, 2.05) is 6.07 Å². The zero-order chi connectivity index (χ0) is 24.2. The Hall–Kier alpha value is -2.80. The zero-order valence-electron chi connectivity index (χ0n) is 20.5. The number of fused-ring (bicyclic) bond motifs is 1. The fraction of sp³-hybridized carbons (Fsp3) is 0.462. The molecule has 0 atom stereocenters. The van der Waals surface area contributed by atoms with Gasteiger partial charge in [0.25, 0.3) is 0 Å². The van der Waals surface area contributed by atoms with E-state index in [0.29, 0.717) is 0 Å². The summed E-state index contributed by atoms with van der Waals surface area (Å²) < 4.78 is 20.7. The molecule has 7 heteroatoms. The van der Waals surface area contributed by atoms with Crippen LogP contribution in [-0.4, -0.2) is 47.5 Å². The summed E-state index contributed by atoms with van der Waals surface area (Å²) in [4.78, 5) is 11.3. The van der Waals surface area contributed by atoms with Crippen LogP contribution in [0.4, 0.5) is 8.78 Å². The van der Waals surface area contributed by atoms with Crippen LogP contribution in [0.1, 0.15) is 46.6 Å². The minimum absolute atomic E-state index is 0.755. The Morgan fingerprint density at radius 1 is 1.15 bits per heavy atom. The van der Waals surface area contributed by atoms with Crippen LogP contribution in [0, 0.1) is 0 Å². The molecule has 5 nitrogen and oxygen atoms in total. The van der Waals surface area contributed by atoms with E-state index in [4.69, 9.17) is 0 Å². The molecule has 0 bridgehead atoms. The predicted molar refractivity (Wildman–Crippen MR) is 133 cm³/mol. The molecule has 0 aliphatic carbocycles. The maximum atomic E-state index is 10.3. The van der Waals surface area contributed by atoms with Crippen molar-refractivity contribution in [1.82, 2.24) is 25.5 Å². The van der Waals surface area contributed by atoms with Crippen LogP contribution in [-0.2, 0) is 6.54 Å². The number of allylic oxidation sites excluding steroid dienone is 4. The summed E-state index contributed by atoms with van der Waals surface area (Å²) in [6, 6.07) is 6.28. The van der Waals surface area contributed by atoms with Gasteiger partial charge in [0.15, 0.2) is 0 Å². The number of rotatable bonds is 7. The first-order chi connectivity index (χ1) is 15.8. The Morgan fingerprint density at radius 3 is 2.39 bits per heavy atom. The Kier molecular flexibility index (Phi) is 11.0. The van der Waals surface area contributed by atoms with Crippen molar-refractivity contribution >= 4 is 11.0 Å². The van der Waals surface area contributed by atoms with Gasteiger partial charge in [0.1, 0.15) is 0 Å². The number of hydrogen-bond acceptors (Lipinski definition) is 5. The molecule has 33 heavy (non-hydrogen) atoms.